The number of hydrogen-bond donors (Lipinski definition) is 0. The van der Waals surface area contributed by atoms with Gasteiger partial charge in [0.15, 0.2) is 9.84 Å². The lowest BCUT2D eigenvalue weighted by Crippen LogP contribution is -2.18. The zero-order valence-corrected chi connectivity index (χ0v) is 22.1. The van der Waals surface area contributed by atoms with Crippen molar-refractivity contribution in [2.45, 2.75) is 149 Å². The molecule has 0 rings (SSSR count). The largest absolute Gasteiger partial charge is 0.300 e. The van der Waals surface area contributed by atoms with Crippen LogP contribution in [-0.4, -0.2) is 31.5 Å². The maximum absolute atomic E-state index is 12.1. The predicted molar refractivity (Wildman–Crippen MR) is 137 cm³/mol. The van der Waals surface area contributed by atoms with Crippen molar-refractivity contribution in [2.24, 2.45) is 0 Å². The summed E-state index contributed by atoms with van der Waals surface area (Å²) in [5, 5.41) is 0. The average molecular weight is 473 g/mol. The Bertz CT molecular complexity index is 554. The van der Waals surface area contributed by atoms with Crippen molar-refractivity contribution in [1.29, 1.82) is 0 Å². The Kier molecular flexibility index (Phi) is 21.6. The molecule has 0 aromatic heterocycles. The molecule has 0 atom stereocenters. The van der Waals surface area contributed by atoms with Crippen molar-refractivity contribution in [2.75, 3.05) is 11.5 Å². The molecule has 4 nitrogen and oxygen atoms in total. The van der Waals surface area contributed by atoms with Crippen molar-refractivity contribution in [3.8, 4) is 0 Å². The van der Waals surface area contributed by atoms with E-state index >= 15 is 0 Å². The molecule has 0 radical (unpaired) electrons. The van der Waals surface area contributed by atoms with Crippen LogP contribution in [-0.2, 0) is 19.4 Å². The molecule has 0 saturated heterocycles. The van der Waals surface area contributed by atoms with E-state index in [1.807, 2.05) is 6.92 Å². The van der Waals surface area contributed by atoms with Crippen LogP contribution in [0.5, 0.6) is 0 Å². The maximum Gasteiger partial charge on any atom is 0.157 e. The van der Waals surface area contributed by atoms with Gasteiger partial charge in [0.1, 0.15) is 17.3 Å². The zero-order chi connectivity index (χ0) is 23.9. The number of hydrogen-bond acceptors (Lipinski definition) is 4. The van der Waals surface area contributed by atoms with Crippen LogP contribution in [0.3, 0.4) is 0 Å². The van der Waals surface area contributed by atoms with Crippen molar-refractivity contribution < 1.29 is 18.0 Å². The van der Waals surface area contributed by atoms with Crippen molar-refractivity contribution in [3.05, 3.63) is 0 Å². The number of Topliss-reactive ketones (excluding diaryl/α,β-unsaturated/α-hetero) is 2. The van der Waals surface area contributed by atoms with Crippen molar-refractivity contribution >= 4 is 21.4 Å². The monoisotopic (exact) mass is 472 g/mol. The van der Waals surface area contributed by atoms with E-state index in [9.17, 15) is 18.0 Å². The van der Waals surface area contributed by atoms with Crippen LogP contribution < -0.4 is 0 Å². The molecule has 0 saturated carbocycles. The van der Waals surface area contributed by atoms with E-state index in [4.69, 9.17) is 0 Å². The quantitative estimate of drug-likeness (QED) is 0.127. The highest BCUT2D eigenvalue weighted by Gasteiger charge is 2.16. The second-order valence-electron chi connectivity index (χ2n) is 9.53. The lowest BCUT2D eigenvalue weighted by atomic mass is 10.0. The third kappa shape index (κ3) is 22.5. The molecule has 190 valence electrons. The molecule has 0 N–H and O–H groups in total. The van der Waals surface area contributed by atoms with Crippen LogP contribution in [0.4, 0.5) is 0 Å². The third-order valence-corrected chi connectivity index (χ3v) is 7.92. The Morgan fingerprint density at radius 2 is 0.875 bits per heavy atom. The van der Waals surface area contributed by atoms with E-state index in [-0.39, 0.29) is 23.1 Å². The van der Waals surface area contributed by atoms with E-state index in [0.717, 1.165) is 32.1 Å². The first-order valence-electron chi connectivity index (χ1n) is 13.6. The first-order valence-corrected chi connectivity index (χ1v) is 15.5. The van der Waals surface area contributed by atoms with E-state index in [2.05, 4.69) is 6.92 Å². The number of unbranched alkanes of at least 4 members (excludes halogenated alkanes) is 16. The fraction of sp³-hybridized carbons (Fsp3) is 0.926. The van der Waals surface area contributed by atoms with Gasteiger partial charge in [-0.15, -0.1) is 0 Å². The lowest BCUT2D eigenvalue weighted by Gasteiger charge is -2.05. The standard InChI is InChI=1S/C27H52O4S/c1-3-5-6-7-8-9-10-11-12-13-14-15-16-17-19-23-27(29)25-32(30,31)24-21-18-20-22-26(28)4-2/h3-25H2,1-2H3. The van der Waals surface area contributed by atoms with Gasteiger partial charge in [-0.3, -0.25) is 9.59 Å². The molecule has 0 spiro atoms. The topological polar surface area (TPSA) is 68.3 Å². The highest BCUT2D eigenvalue weighted by Crippen LogP contribution is 2.14. The van der Waals surface area contributed by atoms with Gasteiger partial charge in [0.05, 0.1) is 5.75 Å². The summed E-state index contributed by atoms with van der Waals surface area (Å²) in [5.41, 5.74) is 0. The third-order valence-electron chi connectivity index (χ3n) is 6.25. The van der Waals surface area contributed by atoms with Crippen LogP contribution in [0.15, 0.2) is 0 Å². The van der Waals surface area contributed by atoms with Crippen LogP contribution >= 0.6 is 0 Å². The van der Waals surface area contributed by atoms with Gasteiger partial charge in [0, 0.05) is 19.3 Å². The van der Waals surface area contributed by atoms with E-state index < -0.39 is 9.84 Å². The van der Waals surface area contributed by atoms with Gasteiger partial charge < -0.3 is 0 Å². The minimum atomic E-state index is -3.29. The van der Waals surface area contributed by atoms with E-state index in [1.54, 1.807) is 0 Å². The summed E-state index contributed by atoms with van der Waals surface area (Å²) in [6, 6.07) is 0. The number of carbonyl (C=O) groups excluding carboxylic acids is 2. The molecule has 0 aliphatic heterocycles. The highest BCUT2D eigenvalue weighted by atomic mass is 32.2. The van der Waals surface area contributed by atoms with Crippen molar-refractivity contribution in [3.63, 3.8) is 0 Å². The highest BCUT2D eigenvalue weighted by molar-refractivity contribution is 7.92. The Balaban J connectivity index is 3.47. The summed E-state index contributed by atoms with van der Waals surface area (Å²) in [5.74, 6) is -0.149. The molecule has 0 aliphatic carbocycles. The first-order chi connectivity index (χ1) is 15.4. The number of ketones is 2. The zero-order valence-electron chi connectivity index (χ0n) is 21.3. The summed E-state index contributed by atoms with van der Waals surface area (Å²) in [7, 11) is -3.29. The molecule has 0 heterocycles. The van der Waals surface area contributed by atoms with Crippen LogP contribution in [0.25, 0.3) is 0 Å². The average Bonchev–Trinajstić information content (AvgIpc) is 2.75. The number of sulfone groups is 1. The van der Waals surface area contributed by atoms with E-state index in [1.165, 1.54) is 77.0 Å². The summed E-state index contributed by atoms with van der Waals surface area (Å²) >= 11 is 0. The van der Waals surface area contributed by atoms with Gasteiger partial charge in [-0.1, -0.05) is 110 Å². The fourth-order valence-electron chi connectivity index (χ4n) is 4.08. The fourth-order valence-corrected chi connectivity index (χ4v) is 5.50. The Labute approximate surface area is 199 Å². The van der Waals surface area contributed by atoms with Crippen LogP contribution in [0.2, 0.25) is 0 Å². The first kappa shape index (κ1) is 31.3. The molecular weight excluding hydrogens is 420 g/mol. The van der Waals surface area contributed by atoms with Gasteiger partial charge in [-0.2, -0.15) is 0 Å². The second-order valence-corrected chi connectivity index (χ2v) is 11.7. The smallest absolute Gasteiger partial charge is 0.157 e. The van der Waals surface area contributed by atoms with Crippen LogP contribution in [0.1, 0.15) is 149 Å². The lowest BCUT2D eigenvalue weighted by molar-refractivity contribution is -0.119. The Morgan fingerprint density at radius 3 is 1.31 bits per heavy atom. The SMILES string of the molecule is CCCCCCCCCCCCCCCCCC(=O)CS(=O)(=O)CCCCCC(=O)CC. The molecule has 0 fully saturated rings. The van der Waals surface area contributed by atoms with Crippen molar-refractivity contribution in [1.82, 2.24) is 0 Å². The maximum atomic E-state index is 12.1. The summed E-state index contributed by atoms with van der Waals surface area (Å²) in [4.78, 5) is 23.2. The molecule has 0 aromatic rings. The molecule has 5 heteroatoms. The minimum Gasteiger partial charge on any atom is -0.300 e. The molecule has 32 heavy (non-hydrogen) atoms. The van der Waals surface area contributed by atoms with Gasteiger partial charge in [0.25, 0.3) is 0 Å². The normalized spacial score (nSPS) is 11.7. The number of rotatable bonds is 25. The van der Waals surface area contributed by atoms with Gasteiger partial charge in [-0.05, 0) is 19.3 Å². The molecule has 0 unspecified atom stereocenters. The molecule has 0 aromatic carbocycles. The summed E-state index contributed by atoms with van der Waals surface area (Å²) in [6.45, 7) is 4.11. The minimum absolute atomic E-state index is 0.0674. The molecular formula is C27H52O4S. The predicted octanol–water partition coefficient (Wildman–Crippen LogP) is 7.77. The Hall–Kier alpha value is -0.710. The van der Waals surface area contributed by atoms with Gasteiger partial charge >= 0.3 is 0 Å². The van der Waals surface area contributed by atoms with Gasteiger partial charge in [0.2, 0.25) is 0 Å². The molecule has 0 bridgehead atoms. The molecule has 0 amide bonds. The Morgan fingerprint density at radius 1 is 0.500 bits per heavy atom. The molecule has 0 aliphatic rings. The van der Waals surface area contributed by atoms with E-state index in [0.29, 0.717) is 25.7 Å². The van der Waals surface area contributed by atoms with Crippen LogP contribution in [0, 0.1) is 0 Å². The second kappa shape index (κ2) is 22.1. The number of carbonyl (C=O) groups is 2. The summed E-state index contributed by atoms with van der Waals surface area (Å²) < 4.78 is 24.1. The van der Waals surface area contributed by atoms with Gasteiger partial charge in [-0.25, -0.2) is 8.42 Å². The summed E-state index contributed by atoms with van der Waals surface area (Å²) in [6.07, 6.45) is 22.7.